The topological polar surface area (TPSA) is 33.1 Å². The first kappa shape index (κ1) is 12.1. The molecule has 2 heteroatoms. The van der Waals surface area contributed by atoms with Crippen LogP contribution in [0.4, 0.5) is 0 Å². The number of hydrogen-bond acceptors (Lipinski definition) is 2. The van der Waals surface area contributed by atoms with Crippen molar-refractivity contribution in [1.29, 1.82) is 0 Å². The lowest BCUT2D eigenvalue weighted by molar-refractivity contribution is 0.0737. The Kier molecular flexibility index (Phi) is 4.63. The lowest BCUT2D eigenvalue weighted by Crippen LogP contribution is -2.17. The molecule has 1 aromatic heterocycles. The van der Waals surface area contributed by atoms with Crippen molar-refractivity contribution in [2.45, 2.75) is 40.2 Å². The highest BCUT2D eigenvalue weighted by atomic mass is 16.3. The molecule has 0 aliphatic carbocycles. The molecule has 1 rings (SSSR count). The maximum absolute atomic E-state index is 9.55. The highest BCUT2D eigenvalue weighted by molar-refractivity contribution is 5.14. The SMILES string of the molecule is CC.Cc1cccc(C(C)(C)O)n1. The molecule has 1 aromatic rings. The summed E-state index contributed by atoms with van der Waals surface area (Å²) in [5.41, 5.74) is 0.827. The fourth-order valence-electron chi connectivity index (χ4n) is 0.884. The molecule has 0 saturated carbocycles. The van der Waals surface area contributed by atoms with E-state index in [0.717, 1.165) is 11.4 Å². The van der Waals surface area contributed by atoms with Crippen molar-refractivity contribution in [2.24, 2.45) is 0 Å². The van der Waals surface area contributed by atoms with Gasteiger partial charge in [0.2, 0.25) is 0 Å². The molecular formula is C11H19NO. The molecule has 0 radical (unpaired) electrons. The lowest BCUT2D eigenvalue weighted by Gasteiger charge is -2.16. The Morgan fingerprint density at radius 3 is 2.08 bits per heavy atom. The van der Waals surface area contributed by atoms with Gasteiger partial charge < -0.3 is 5.11 Å². The van der Waals surface area contributed by atoms with E-state index in [-0.39, 0.29) is 0 Å². The van der Waals surface area contributed by atoms with Crippen molar-refractivity contribution in [3.05, 3.63) is 29.6 Å². The summed E-state index contributed by atoms with van der Waals surface area (Å²) in [5.74, 6) is 0. The van der Waals surface area contributed by atoms with E-state index in [2.05, 4.69) is 4.98 Å². The Hall–Kier alpha value is -0.890. The third kappa shape index (κ3) is 4.04. The van der Waals surface area contributed by atoms with Crippen LogP contribution in [0.25, 0.3) is 0 Å². The number of aromatic nitrogens is 1. The van der Waals surface area contributed by atoms with Gasteiger partial charge in [-0.15, -0.1) is 0 Å². The number of aliphatic hydroxyl groups is 1. The van der Waals surface area contributed by atoms with Gasteiger partial charge in [0.25, 0.3) is 0 Å². The van der Waals surface area contributed by atoms with Gasteiger partial charge in [0.05, 0.1) is 5.69 Å². The van der Waals surface area contributed by atoms with Crippen LogP contribution in [0.5, 0.6) is 0 Å². The average molecular weight is 181 g/mol. The van der Waals surface area contributed by atoms with Crippen molar-refractivity contribution in [3.63, 3.8) is 0 Å². The van der Waals surface area contributed by atoms with Crippen LogP contribution in [0.1, 0.15) is 39.1 Å². The van der Waals surface area contributed by atoms with Crippen LogP contribution in [0, 0.1) is 6.92 Å². The zero-order valence-corrected chi connectivity index (χ0v) is 9.13. The molecule has 0 fully saturated rings. The van der Waals surface area contributed by atoms with Gasteiger partial charge in [0, 0.05) is 5.69 Å². The molecule has 2 nitrogen and oxygen atoms in total. The molecular weight excluding hydrogens is 162 g/mol. The van der Waals surface area contributed by atoms with Crippen LogP contribution in [-0.2, 0) is 5.60 Å². The van der Waals surface area contributed by atoms with Gasteiger partial charge in [0.15, 0.2) is 0 Å². The normalized spacial score (nSPS) is 10.3. The van der Waals surface area contributed by atoms with E-state index in [0.29, 0.717) is 0 Å². The molecule has 1 heterocycles. The minimum absolute atomic E-state index is 0.720. The molecule has 0 spiro atoms. The summed E-state index contributed by atoms with van der Waals surface area (Å²) < 4.78 is 0. The summed E-state index contributed by atoms with van der Waals surface area (Å²) in [6, 6.07) is 5.64. The first-order chi connectivity index (χ1) is 6.00. The Morgan fingerprint density at radius 2 is 1.77 bits per heavy atom. The molecule has 0 amide bonds. The summed E-state index contributed by atoms with van der Waals surface area (Å²) in [5, 5.41) is 9.55. The third-order valence-electron chi connectivity index (χ3n) is 1.52. The van der Waals surface area contributed by atoms with Gasteiger partial charge in [-0.25, -0.2) is 0 Å². The number of rotatable bonds is 1. The molecule has 74 valence electrons. The summed E-state index contributed by atoms with van der Waals surface area (Å²) in [6.07, 6.45) is 0. The minimum atomic E-state index is -0.827. The lowest BCUT2D eigenvalue weighted by atomic mass is 10.0. The maximum atomic E-state index is 9.55. The van der Waals surface area contributed by atoms with Gasteiger partial charge in [0.1, 0.15) is 5.60 Å². The van der Waals surface area contributed by atoms with Crippen LogP contribution in [-0.4, -0.2) is 10.1 Å². The Morgan fingerprint density at radius 1 is 1.23 bits per heavy atom. The molecule has 0 bridgehead atoms. The first-order valence-electron chi connectivity index (χ1n) is 4.66. The monoisotopic (exact) mass is 181 g/mol. The number of nitrogens with zero attached hydrogens (tertiary/aromatic N) is 1. The van der Waals surface area contributed by atoms with E-state index >= 15 is 0 Å². The highest BCUT2D eigenvalue weighted by Crippen LogP contribution is 2.16. The second kappa shape index (κ2) is 4.97. The van der Waals surface area contributed by atoms with Crippen molar-refractivity contribution in [2.75, 3.05) is 0 Å². The van der Waals surface area contributed by atoms with E-state index in [4.69, 9.17) is 0 Å². The fourth-order valence-corrected chi connectivity index (χ4v) is 0.884. The molecule has 0 unspecified atom stereocenters. The Labute approximate surface area is 80.6 Å². The molecule has 13 heavy (non-hydrogen) atoms. The number of pyridine rings is 1. The molecule has 1 N–H and O–H groups in total. The minimum Gasteiger partial charge on any atom is -0.384 e. The van der Waals surface area contributed by atoms with E-state index < -0.39 is 5.60 Å². The third-order valence-corrected chi connectivity index (χ3v) is 1.52. The summed E-state index contributed by atoms with van der Waals surface area (Å²) in [6.45, 7) is 9.37. The highest BCUT2D eigenvalue weighted by Gasteiger charge is 2.16. The Bertz CT molecular complexity index is 251. The van der Waals surface area contributed by atoms with E-state index in [1.807, 2.05) is 39.0 Å². The van der Waals surface area contributed by atoms with Gasteiger partial charge >= 0.3 is 0 Å². The Balaban J connectivity index is 0.000000671. The van der Waals surface area contributed by atoms with Crippen molar-refractivity contribution in [1.82, 2.24) is 4.98 Å². The molecule has 0 aromatic carbocycles. The van der Waals surface area contributed by atoms with Gasteiger partial charge in [-0.2, -0.15) is 0 Å². The molecule has 0 saturated heterocycles. The summed E-state index contributed by atoms with van der Waals surface area (Å²) in [4.78, 5) is 4.19. The predicted molar refractivity (Wildman–Crippen MR) is 55.6 cm³/mol. The van der Waals surface area contributed by atoms with Crippen LogP contribution in [0.3, 0.4) is 0 Å². The second-order valence-electron chi connectivity index (χ2n) is 3.22. The predicted octanol–water partition coefficient (Wildman–Crippen LogP) is 2.64. The smallest absolute Gasteiger partial charge is 0.101 e. The molecule has 0 aliphatic heterocycles. The van der Waals surface area contributed by atoms with Gasteiger partial charge in [-0.1, -0.05) is 19.9 Å². The zero-order chi connectivity index (χ0) is 10.5. The number of aryl methyl sites for hydroxylation is 1. The van der Waals surface area contributed by atoms with Crippen molar-refractivity contribution >= 4 is 0 Å². The number of hydrogen-bond donors (Lipinski definition) is 1. The second-order valence-corrected chi connectivity index (χ2v) is 3.22. The van der Waals surface area contributed by atoms with Crippen LogP contribution in [0.2, 0.25) is 0 Å². The van der Waals surface area contributed by atoms with Gasteiger partial charge in [-0.3, -0.25) is 4.98 Å². The van der Waals surface area contributed by atoms with Gasteiger partial charge in [-0.05, 0) is 32.9 Å². The quantitative estimate of drug-likeness (QED) is 0.722. The fraction of sp³-hybridized carbons (Fsp3) is 0.545. The average Bonchev–Trinajstić information content (AvgIpc) is 2.06. The van der Waals surface area contributed by atoms with Crippen molar-refractivity contribution in [3.8, 4) is 0 Å². The van der Waals surface area contributed by atoms with E-state index in [9.17, 15) is 5.11 Å². The summed E-state index contributed by atoms with van der Waals surface area (Å²) in [7, 11) is 0. The van der Waals surface area contributed by atoms with Crippen LogP contribution < -0.4 is 0 Å². The zero-order valence-electron chi connectivity index (χ0n) is 9.13. The summed E-state index contributed by atoms with van der Waals surface area (Å²) >= 11 is 0. The maximum Gasteiger partial charge on any atom is 0.101 e. The largest absolute Gasteiger partial charge is 0.384 e. The van der Waals surface area contributed by atoms with Crippen LogP contribution in [0.15, 0.2) is 18.2 Å². The molecule has 0 aliphatic rings. The van der Waals surface area contributed by atoms with Crippen molar-refractivity contribution < 1.29 is 5.11 Å². The first-order valence-corrected chi connectivity index (χ1v) is 4.66. The standard InChI is InChI=1S/C9H13NO.C2H6/c1-7-5-4-6-8(10-7)9(2,3)11;1-2/h4-6,11H,1-3H3;1-2H3. The van der Waals surface area contributed by atoms with E-state index in [1.54, 1.807) is 13.8 Å². The molecule has 0 atom stereocenters. The van der Waals surface area contributed by atoms with E-state index in [1.165, 1.54) is 0 Å². The van der Waals surface area contributed by atoms with Crippen LogP contribution >= 0.6 is 0 Å².